The second kappa shape index (κ2) is 10.1. The fourth-order valence-corrected chi connectivity index (χ4v) is 3.89. The first-order valence-electron chi connectivity index (χ1n) is 10.6. The molecule has 1 fully saturated rings. The molecular weight excluding hydrogens is 378 g/mol. The summed E-state index contributed by atoms with van der Waals surface area (Å²) in [5, 5.41) is 5.95. The van der Waals surface area contributed by atoms with Crippen molar-refractivity contribution in [2.24, 2.45) is 0 Å². The van der Waals surface area contributed by atoms with Crippen LogP contribution in [0, 0.1) is 0 Å². The van der Waals surface area contributed by atoms with Crippen molar-refractivity contribution < 1.29 is 14.3 Å². The van der Waals surface area contributed by atoms with E-state index in [-0.39, 0.29) is 23.9 Å². The third-order valence-electron chi connectivity index (χ3n) is 5.62. The smallest absolute Gasteiger partial charge is 0.317 e. The minimum absolute atomic E-state index is 0.00980. The van der Waals surface area contributed by atoms with Gasteiger partial charge in [-0.1, -0.05) is 24.3 Å². The predicted octanol–water partition coefficient (Wildman–Crippen LogP) is 4.10. The van der Waals surface area contributed by atoms with Crippen LogP contribution >= 0.6 is 0 Å². The Morgan fingerprint density at radius 1 is 1.20 bits per heavy atom. The van der Waals surface area contributed by atoms with Gasteiger partial charge < -0.3 is 20.3 Å². The fourth-order valence-electron chi connectivity index (χ4n) is 3.89. The van der Waals surface area contributed by atoms with Gasteiger partial charge in [-0.25, -0.2) is 4.79 Å². The number of piperidine rings is 1. The van der Waals surface area contributed by atoms with Crippen LogP contribution in [0.25, 0.3) is 0 Å². The van der Waals surface area contributed by atoms with Crippen LogP contribution in [0.1, 0.15) is 60.1 Å². The van der Waals surface area contributed by atoms with Gasteiger partial charge in [0.2, 0.25) is 0 Å². The Hall–Kier alpha value is -3.02. The van der Waals surface area contributed by atoms with Crippen molar-refractivity contribution in [2.45, 2.75) is 38.6 Å². The summed E-state index contributed by atoms with van der Waals surface area (Å²) in [5.74, 6) is 0.934. The van der Waals surface area contributed by atoms with Crippen LogP contribution < -0.4 is 15.4 Å². The Kier molecular flexibility index (Phi) is 7.33. The second-order valence-corrected chi connectivity index (χ2v) is 7.71. The number of benzene rings is 2. The number of amides is 3. The summed E-state index contributed by atoms with van der Waals surface area (Å²) in [6.45, 7) is 5.98. The number of hydrogen-bond acceptors (Lipinski definition) is 3. The molecule has 1 saturated heterocycles. The monoisotopic (exact) mass is 409 g/mol. The molecule has 2 atom stereocenters. The van der Waals surface area contributed by atoms with E-state index in [1.165, 1.54) is 0 Å². The highest BCUT2D eigenvalue weighted by atomic mass is 16.5. The van der Waals surface area contributed by atoms with Gasteiger partial charge in [-0.15, -0.1) is 0 Å². The molecule has 2 aromatic carbocycles. The number of hydrogen-bond donors (Lipinski definition) is 2. The van der Waals surface area contributed by atoms with E-state index in [1.807, 2.05) is 61.2 Å². The third-order valence-corrected chi connectivity index (χ3v) is 5.62. The SMILES string of the molecule is CCNC(=O)N1CCCC(c2cccc(C(=O)NC(C)c3ccc(OC)cc3)c2)C1. The van der Waals surface area contributed by atoms with Crippen LogP contribution in [-0.4, -0.2) is 43.6 Å². The van der Waals surface area contributed by atoms with Crippen molar-refractivity contribution in [3.63, 3.8) is 0 Å². The molecule has 3 rings (SSSR count). The molecule has 1 aliphatic heterocycles. The number of nitrogens with one attached hydrogen (secondary N) is 2. The summed E-state index contributed by atoms with van der Waals surface area (Å²) in [4.78, 5) is 26.9. The van der Waals surface area contributed by atoms with E-state index < -0.39 is 0 Å². The lowest BCUT2D eigenvalue weighted by Crippen LogP contribution is -2.44. The minimum atomic E-state index is -0.116. The number of rotatable bonds is 6. The van der Waals surface area contributed by atoms with Crippen molar-refractivity contribution in [3.8, 4) is 5.75 Å². The van der Waals surface area contributed by atoms with Crippen LogP contribution in [0.5, 0.6) is 5.75 Å². The normalized spacial score (nSPS) is 17.2. The van der Waals surface area contributed by atoms with Crippen LogP contribution in [0.3, 0.4) is 0 Å². The van der Waals surface area contributed by atoms with Gasteiger partial charge in [-0.3, -0.25) is 4.79 Å². The molecule has 3 amide bonds. The zero-order chi connectivity index (χ0) is 21.5. The first-order chi connectivity index (χ1) is 14.5. The number of ether oxygens (including phenoxy) is 1. The molecule has 30 heavy (non-hydrogen) atoms. The third kappa shape index (κ3) is 5.32. The molecule has 0 radical (unpaired) electrons. The van der Waals surface area contributed by atoms with Gasteiger partial charge in [0.1, 0.15) is 5.75 Å². The van der Waals surface area contributed by atoms with E-state index in [2.05, 4.69) is 16.7 Å². The van der Waals surface area contributed by atoms with Crippen molar-refractivity contribution >= 4 is 11.9 Å². The Labute approximate surface area is 178 Å². The maximum absolute atomic E-state index is 12.8. The fraction of sp³-hybridized carbons (Fsp3) is 0.417. The van der Waals surface area contributed by atoms with E-state index in [0.717, 1.165) is 36.3 Å². The second-order valence-electron chi connectivity index (χ2n) is 7.71. The molecule has 0 aromatic heterocycles. The van der Waals surface area contributed by atoms with E-state index in [0.29, 0.717) is 18.7 Å². The summed E-state index contributed by atoms with van der Waals surface area (Å²) in [5.41, 5.74) is 2.77. The number of urea groups is 1. The van der Waals surface area contributed by atoms with E-state index in [4.69, 9.17) is 4.74 Å². The van der Waals surface area contributed by atoms with Gasteiger partial charge in [-0.05, 0) is 62.1 Å². The predicted molar refractivity (Wildman–Crippen MR) is 118 cm³/mol. The van der Waals surface area contributed by atoms with Crippen LogP contribution in [0.15, 0.2) is 48.5 Å². The largest absolute Gasteiger partial charge is 0.497 e. The highest BCUT2D eigenvalue weighted by Crippen LogP contribution is 2.28. The molecule has 1 heterocycles. The van der Waals surface area contributed by atoms with Crippen LogP contribution in [-0.2, 0) is 0 Å². The molecular formula is C24H31N3O3. The van der Waals surface area contributed by atoms with E-state index in [9.17, 15) is 9.59 Å². The summed E-state index contributed by atoms with van der Waals surface area (Å²) in [6.07, 6.45) is 1.98. The standard InChI is InChI=1S/C24H31N3O3/c1-4-25-24(29)27-14-6-9-21(16-27)19-7-5-8-20(15-19)23(28)26-17(2)18-10-12-22(30-3)13-11-18/h5,7-8,10-13,15,17,21H,4,6,9,14,16H2,1-3H3,(H,25,29)(H,26,28). The minimum Gasteiger partial charge on any atom is -0.497 e. The molecule has 0 aliphatic carbocycles. The van der Waals surface area contributed by atoms with Gasteiger partial charge in [0, 0.05) is 31.1 Å². The van der Waals surface area contributed by atoms with Crippen molar-refractivity contribution in [1.82, 2.24) is 15.5 Å². The summed E-state index contributed by atoms with van der Waals surface area (Å²) in [7, 11) is 1.63. The molecule has 0 spiro atoms. The topological polar surface area (TPSA) is 70.7 Å². The number of nitrogens with zero attached hydrogens (tertiary/aromatic N) is 1. The molecule has 2 aromatic rings. The van der Waals surface area contributed by atoms with Gasteiger partial charge >= 0.3 is 6.03 Å². The highest BCUT2D eigenvalue weighted by molar-refractivity contribution is 5.94. The van der Waals surface area contributed by atoms with Gasteiger partial charge in [0.25, 0.3) is 5.91 Å². The molecule has 6 heteroatoms. The quantitative estimate of drug-likeness (QED) is 0.755. The van der Waals surface area contributed by atoms with Crippen LogP contribution in [0.2, 0.25) is 0 Å². The molecule has 160 valence electrons. The maximum atomic E-state index is 12.8. The van der Waals surface area contributed by atoms with Gasteiger partial charge in [0.05, 0.1) is 13.2 Å². The first kappa shape index (κ1) is 21.7. The van der Waals surface area contributed by atoms with Crippen molar-refractivity contribution in [2.75, 3.05) is 26.7 Å². The number of likely N-dealkylation sites (tertiary alicyclic amines) is 1. The summed E-state index contributed by atoms with van der Waals surface area (Å²) in [6, 6.07) is 15.3. The number of carbonyl (C=O) groups excluding carboxylic acids is 2. The molecule has 1 aliphatic rings. The lowest BCUT2D eigenvalue weighted by molar-refractivity contribution is 0.0939. The lowest BCUT2D eigenvalue weighted by Gasteiger charge is -2.33. The molecule has 2 unspecified atom stereocenters. The Balaban J connectivity index is 1.66. The molecule has 6 nitrogen and oxygen atoms in total. The van der Waals surface area contributed by atoms with E-state index in [1.54, 1.807) is 7.11 Å². The Morgan fingerprint density at radius 2 is 1.97 bits per heavy atom. The maximum Gasteiger partial charge on any atom is 0.317 e. The zero-order valence-corrected chi connectivity index (χ0v) is 18.0. The average Bonchev–Trinajstić information content (AvgIpc) is 2.79. The Morgan fingerprint density at radius 3 is 2.67 bits per heavy atom. The van der Waals surface area contributed by atoms with Crippen molar-refractivity contribution in [1.29, 1.82) is 0 Å². The Bertz CT molecular complexity index is 866. The highest BCUT2D eigenvalue weighted by Gasteiger charge is 2.25. The zero-order valence-electron chi connectivity index (χ0n) is 18.0. The average molecular weight is 410 g/mol. The number of methoxy groups -OCH3 is 1. The van der Waals surface area contributed by atoms with Crippen LogP contribution in [0.4, 0.5) is 4.79 Å². The summed E-state index contributed by atoms with van der Waals surface area (Å²) >= 11 is 0. The lowest BCUT2D eigenvalue weighted by atomic mass is 9.89. The van der Waals surface area contributed by atoms with Gasteiger partial charge in [0.15, 0.2) is 0 Å². The van der Waals surface area contributed by atoms with Gasteiger partial charge in [-0.2, -0.15) is 0 Å². The molecule has 0 bridgehead atoms. The first-order valence-corrected chi connectivity index (χ1v) is 10.6. The van der Waals surface area contributed by atoms with Crippen molar-refractivity contribution in [3.05, 3.63) is 65.2 Å². The summed E-state index contributed by atoms with van der Waals surface area (Å²) < 4.78 is 5.19. The molecule has 0 saturated carbocycles. The number of carbonyl (C=O) groups is 2. The molecule has 2 N–H and O–H groups in total. The van der Waals surface area contributed by atoms with E-state index >= 15 is 0 Å².